The van der Waals surface area contributed by atoms with Crippen LogP contribution in [0.3, 0.4) is 0 Å². The van der Waals surface area contributed by atoms with Crippen molar-refractivity contribution in [2.24, 2.45) is 0 Å². The second-order valence-corrected chi connectivity index (χ2v) is 4.80. The largest absolute Gasteiger partial charge is 0.313 e. The van der Waals surface area contributed by atoms with E-state index in [4.69, 9.17) is 11.6 Å². The lowest BCUT2D eigenvalue weighted by Crippen LogP contribution is -2.18. The summed E-state index contributed by atoms with van der Waals surface area (Å²) in [6.07, 6.45) is 3.35. The van der Waals surface area contributed by atoms with E-state index in [0.29, 0.717) is 10.6 Å². The number of halogens is 2. The Bertz CT molecular complexity index is 531. The van der Waals surface area contributed by atoms with Crippen molar-refractivity contribution in [1.82, 2.24) is 10.3 Å². The highest BCUT2D eigenvalue weighted by Crippen LogP contribution is 2.23. The highest BCUT2D eigenvalue weighted by molar-refractivity contribution is 6.30. The number of nitrogens with zero attached hydrogens (tertiary/aromatic N) is 1. The van der Waals surface area contributed by atoms with Crippen LogP contribution in [0.25, 0.3) is 0 Å². The predicted molar refractivity (Wildman–Crippen MR) is 75.8 cm³/mol. The van der Waals surface area contributed by atoms with Crippen molar-refractivity contribution in [3.05, 3.63) is 64.7 Å². The molecule has 1 aromatic heterocycles. The molecule has 2 aromatic rings. The standard InChI is InChI=1S/C15H16ClFN2/c1-18-15(8-6-12-4-2-3-9-19-12)13-7-5-11(16)10-14(13)17/h2-5,7,9-10,15,18H,6,8H2,1H3. The monoisotopic (exact) mass is 278 g/mol. The van der Waals surface area contributed by atoms with E-state index in [9.17, 15) is 4.39 Å². The lowest BCUT2D eigenvalue weighted by Gasteiger charge is -2.17. The van der Waals surface area contributed by atoms with Gasteiger partial charge in [0.1, 0.15) is 5.82 Å². The normalized spacial score (nSPS) is 12.4. The predicted octanol–water partition coefficient (Wildman–Crippen LogP) is 3.77. The zero-order chi connectivity index (χ0) is 13.7. The summed E-state index contributed by atoms with van der Waals surface area (Å²) in [4.78, 5) is 4.27. The minimum atomic E-state index is -0.270. The van der Waals surface area contributed by atoms with Crippen molar-refractivity contribution >= 4 is 11.6 Å². The number of rotatable bonds is 5. The SMILES string of the molecule is CNC(CCc1ccccn1)c1ccc(Cl)cc1F. The number of benzene rings is 1. The third-order valence-corrected chi connectivity index (χ3v) is 3.34. The molecule has 1 heterocycles. The Morgan fingerprint density at radius 1 is 1.32 bits per heavy atom. The molecule has 1 N–H and O–H groups in total. The third kappa shape index (κ3) is 3.75. The zero-order valence-corrected chi connectivity index (χ0v) is 11.5. The van der Waals surface area contributed by atoms with Crippen LogP contribution in [0.5, 0.6) is 0 Å². The molecule has 0 saturated carbocycles. The van der Waals surface area contributed by atoms with E-state index in [1.807, 2.05) is 25.2 Å². The smallest absolute Gasteiger partial charge is 0.129 e. The topological polar surface area (TPSA) is 24.9 Å². The van der Waals surface area contributed by atoms with Gasteiger partial charge in [-0.05, 0) is 44.2 Å². The molecule has 2 nitrogen and oxygen atoms in total. The third-order valence-electron chi connectivity index (χ3n) is 3.10. The van der Waals surface area contributed by atoms with Crippen LogP contribution in [-0.2, 0) is 6.42 Å². The van der Waals surface area contributed by atoms with E-state index in [0.717, 1.165) is 18.5 Å². The van der Waals surface area contributed by atoms with Gasteiger partial charge in [0.2, 0.25) is 0 Å². The fourth-order valence-electron chi connectivity index (χ4n) is 2.08. The average molecular weight is 279 g/mol. The minimum absolute atomic E-state index is 0.0423. The van der Waals surface area contributed by atoms with E-state index >= 15 is 0 Å². The van der Waals surface area contributed by atoms with E-state index in [1.54, 1.807) is 18.3 Å². The summed E-state index contributed by atoms with van der Waals surface area (Å²) in [6, 6.07) is 10.6. The van der Waals surface area contributed by atoms with Gasteiger partial charge in [-0.2, -0.15) is 0 Å². The van der Waals surface area contributed by atoms with Crippen LogP contribution in [0.15, 0.2) is 42.6 Å². The maximum atomic E-state index is 13.9. The van der Waals surface area contributed by atoms with E-state index < -0.39 is 0 Å². The van der Waals surface area contributed by atoms with Crippen LogP contribution in [-0.4, -0.2) is 12.0 Å². The van der Waals surface area contributed by atoms with Gasteiger partial charge < -0.3 is 5.32 Å². The molecule has 0 aliphatic heterocycles. The molecule has 0 spiro atoms. The number of pyridine rings is 1. The fourth-order valence-corrected chi connectivity index (χ4v) is 2.24. The Morgan fingerprint density at radius 2 is 2.16 bits per heavy atom. The van der Waals surface area contributed by atoms with E-state index in [1.165, 1.54) is 6.07 Å². The number of aryl methyl sites for hydroxylation is 1. The van der Waals surface area contributed by atoms with Crippen molar-refractivity contribution in [2.45, 2.75) is 18.9 Å². The molecule has 0 saturated heterocycles. The van der Waals surface area contributed by atoms with Crippen molar-refractivity contribution in [3.8, 4) is 0 Å². The first kappa shape index (κ1) is 14.0. The van der Waals surface area contributed by atoms with Crippen LogP contribution in [0.2, 0.25) is 5.02 Å². The molecule has 0 amide bonds. The molecule has 2 rings (SSSR count). The molecule has 0 aliphatic rings. The van der Waals surface area contributed by atoms with Gasteiger partial charge >= 0.3 is 0 Å². The van der Waals surface area contributed by atoms with Crippen LogP contribution in [0, 0.1) is 5.82 Å². The number of nitrogens with one attached hydrogen (secondary N) is 1. The Hall–Kier alpha value is -1.45. The molecular formula is C15H16ClFN2. The second kappa shape index (κ2) is 6.64. The van der Waals surface area contributed by atoms with Crippen molar-refractivity contribution < 1.29 is 4.39 Å². The number of aromatic nitrogens is 1. The molecule has 1 aromatic carbocycles. The van der Waals surface area contributed by atoms with Gasteiger partial charge in [-0.15, -0.1) is 0 Å². The summed E-state index contributed by atoms with van der Waals surface area (Å²) in [7, 11) is 1.83. The van der Waals surface area contributed by atoms with Crippen LogP contribution in [0.4, 0.5) is 4.39 Å². The highest BCUT2D eigenvalue weighted by Gasteiger charge is 2.14. The molecule has 0 bridgehead atoms. The fraction of sp³-hybridized carbons (Fsp3) is 0.267. The Labute approximate surface area is 117 Å². The van der Waals surface area contributed by atoms with E-state index in [-0.39, 0.29) is 11.9 Å². The van der Waals surface area contributed by atoms with Crippen molar-refractivity contribution in [1.29, 1.82) is 0 Å². The first-order valence-electron chi connectivity index (χ1n) is 6.23. The van der Waals surface area contributed by atoms with Gasteiger partial charge in [0, 0.05) is 28.5 Å². The van der Waals surface area contributed by atoms with Crippen LogP contribution >= 0.6 is 11.6 Å². The average Bonchev–Trinajstić information content (AvgIpc) is 2.42. The Morgan fingerprint density at radius 3 is 2.79 bits per heavy atom. The summed E-state index contributed by atoms with van der Waals surface area (Å²) in [5.41, 5.74) is 1.65. The summed E-state index contributed by atoms with van der Waals surface area (Å²) >= 11 is 5.77. The van der Waals surface area contributed by atoms with Gasteiger partial charge in [0.15, 0.2) is 0 Å². The minimum Gasteiger partial charge on any atom is -0.313 e. The highest BCUT2D eigenvalue weighted by atomic mass is 35.5. The first-order valence-corrected chi connectivity index (χ1v) is 6.60. The molecule has 4 heteroatoms. The summed E-state index contributed by atoms with van der Waals surface area (Å²) < 4.78 is 13.9. The lowest BCUT2D eigenvalue weighted by atomic mass is 10.0. The van der Waals surface area contributed by atoms with Crippen LogP contribution < -0.4 is 5.32 Å². The Kier molecular flexibility index (Phi) is 4.88. The molecule has 0 aliphatic carbocycles. The van der Waals surface area contributed by atoms with Gasteiger partial charge in [-0.1, -0.05) is 23.7 Å². The molecule has 100 valence electrons. The van der Waals surface area contributed by atoms with Crippen molar-refractivity contribution in [3.63, 3.8) is 0 Å². The molecule has 1 unspecified atom stereocenters. The zero-order valence-electron chi connectivity index (χ0n) is 10.7. The van der Waals surface area contributed by atoms with Gasteiger partial charge in [-0.3, -0.25) is 4.98 Å². The summed E-state index contributed by atoms with van der Waals surface area (Å²) in [5, 5.41) is 3.56. The van der Waals surface area contributed by atoms with Gasteiger partial charge in [0.05, 0.1) is 0 Å². The molecule has 0 radical (unpaired) electrons. The quantitative estimate of drug-likeness (QED) is 0.901. The summed E-state index contributed by atoms with van der Waals surface area (Å²) in [6.45, 7) is 0. The number of hydrogen-bond donors (Lipinski definition) is 1. The molecule has 1 atom stereocenters. The second-order valence-electron chi connectivity index (χ2n) is 4.37. The molecule has 19 heavy (non-hydrogen) atoms. The maximum absolute atomic E-state index is 13.9. The number of hydrogen-bond acceptors (Lipinski definition) is 2. The van der Waals surface area contributed by atoms with Gasteiger partial charge in [0.25, 0.3) is 0 Å². The molecule has 0 fully saturated rings. The van der Waals surface area contributed by atoms with Crippen molar-refractivity contribution in [2.75, 3.05) is 7.05 Å². The van der Waals surface area contributed by atoms with E-state index in [2.05, 4.69) is 10.3 Å². The van der Waals surface area contributed by atoms with Crippen LogP contribution in [0.1, 0.15) is 23.7 Å². The first-order chi connectivity index (χ1) is 9.20. The Balaban J connectivity index is 2.08. The molecular weight excluding hydrogens is 263 g/mol. The lowest BCUT2D eigenvalue weighted by molar-refractivity contribution is 0.507. The maximum Gasteiger partial charge on any atom is 0.129 e. The van der Waals surface area contributed by atoms with Gasteiger partial charge in [-0.25, -0.2) is 4.39 Å². The summed E-state index contributed by atoms with van der Waals surface area (Å²) in [5.74, 6) is -0.270.